The molecule has 0 saturated carbocycles. The van der Waals surface area contributed by atoms with Crippen molar-refractivity contribution < 1.29 is 18.0 Å². The van der Waals surface area contributed by atoms with Gasteiger partial charge in [0.2, 0.25) is 5.91 Å². The molecule has 0 atom stereocenters. The number of nitrogens with zero attached hydrogens (tertiary/aromatic N) is 5. The molecule has 1 N–H and O–H groups in total. The van der Waals surface area contributed by atoms with Crippen LogP contribution < -0.4 is 5.32 Å². The molecule has 0 fully saturated rings. The lowest BCUT2D eigenvalue weighted by atomic mass is 10.3. The number of furan rings is 1. The van der Waals surface area contributed by atoms with Crippen LogP contribution in [0.2, 0.25) is 0 Å². The fourth-order valence-corrected chi connectivity index (χ4v) is 3.91. The predicted octanol–water partition coefficient (Wildman–Crippen LogP) is 4.15. The van der Waals surface area contributed by atoms with Gasteiger partial charge in [0.15, 0.2) is 16.8 Å². The number of nitrogens with one attached hydrogen (secondary N) is 1. The fraction of sp³-hybridized carbons (Fsp3) is 0.105. The Hall–Kier alpha value is -3.12. The summed E-state index contributed by atoms with van der Waals surface area (Å²) in [7, 11) is 0. The van der Waals surface area contributed by atoms with Crippen LogP contribution in [-0.2, 0) is 11.3 Å². The summed E-state index contributed by atoms with van der Waals surface area (Å²) >= 11 is 4.15. The average Bonchev–Trinajstić information content (AvgIpc) is 3.40. The van der Waals surface area contributed by atoms with E-state index in [4.69, 9.17) is 4.42 Å². The highest BCUT2D eigenvalue weighted by molar-refractivity contribution is 9.10. The van der Waals surface area contributed by atoms with Gasteiger partial charge in [-0.25, -0.2) is 13.8 Å². The first kappa shape index (κ1) is 21.1. The molecule has 0 bridgehead atoms. The van der Waals surface area contributed by atoms with Gasteiger partial charge in [0.25, 0.3) is 0 Å². The Morgan fingerprint density at radius 3 is 2.84 bits per heavy atom. The van der Waals surface area contributed by atoms with Gasteiger partial charge in [0.05, 0.1) is 30.4 Å². The molecule has 3 heterocycles. The number of rotatable bonds is 7. The Balaban J connectivity index is 1.53. The van der Waals surface area contributed by atoms with E-state index in [1.807, 2.05) is 0 Å². The summed E-state index contributed by atoms with van der Waals surface area (Å²) in [5, 5.41) is 11.2. The van der Waals surface area contributed by atoms with Gasteiger partial charge < -0.3 is 9.73 Å². The van der Waals surface area contributed by atoms with E-state index < -0.39 is 17.5 Å². The number of amides is 1. The van der Waals surface area contributed by atoms with Gasteiger partial charge in [-0.1, -0.05) is 11.8 Å². The van der Waals surface area contributed by atoms with E-state index in [-0.39, 0.29) is 15.9 Å². The van der Waals surface area contributed by atoms with E-state index in [0.717, 1.165) is 17.8 Å². The standard InChI is InChI=1S/C19H13BrF2N6O2S/c20-13-6-11(21)7-14(22)17(13)25-16(29)10-31-19-27-26-18(15-8-23-3-4-24-15)28(19)9-12-2-1-5-30-12/h1-8H,9-10H2,(H,25,29). The quantitative estimate of drug-likeness (QED) is 0.376. The Bertz CT molecular complexity index is 1180. The fourth-order valence-electron chi connectivity index (χ4n) is 2.67. The number of benzene rings is 1. The number of thioether (sulfide) groups is 1. The van der Waals surface area contributed by atoms with Gasteiger partial charge in [0, 0.05) is 22.9 Å². The summed E-state index contributed by atoms with van der Waals surface area (Å²) in [4.78, 5) is 20.7. The molecule has 31 heavy (non-hydrogen) atoms. The minimum Gasteiger partial charge on any atom is -0.467 e. The first-order chi connectivity index (χ1) is 15.0. The van der Waals surface area contributed by atoms with Gasteiger partial charge in [-0.15, -0.1) is 10.2 Å². The molecule has 4 aromatic rings. The van der Waals surface area contributed by atoms with Gasteiger partial charge in [-0.3, -0.25) is 14.3 Å². The second-order valence-corrected chi connectivity index (χ2v) is 7.94. The summed E-state index contributed by atoms with van der Waals surface area (Å²) in [6.45, 7) is 0.313. The molecule has 8 nitrogen and oxygen atoms in total. The van der Waals surface area contributed by atoms with E-state index in [2.05, 4.69) is 41.4 Å². The molecular formula is C19H13BrF2N6O2S. The lowest BCUT2D eigenvalue weighted by Gasteiger charge is -2.10. The first-order valence-corrected chi connectivity index (χ1v) is 10.6. The Kier molecular flexibility index (Phi) is 6.37. The molecule has 0 spiro atoms. The van der Waals surface area contributed by atoms with Crippen molar-refractivity contribution in [3.63, 3.8) is 0 Å². The van der Waals surface area contributed by atoms with E-state index in [1.165, 1.54) is 6.20 Å². The van der Waals surface area contributed by atoms with E-state index >= 15 is 0 Å². The zero-order chi connectivity index (χ0) is 21.8. The predicted molar refractivity (Wildman–Crippen MR) is 112 cm³/mol. The van der Waals surface area contributed by atoms with Crippen LogP contribution in [0, 0.1) is 11.6 Å². The topological polar surface area (TPSA) is 98.7 Å². The normalized spacial score (nSPS) is 10.9. The summed E-state index contributed by atoms with van der Waals surface area (Å²) < 4.78 is 34.5. The van der Waals surface area contributed by atoms with Crippen LogP contribution in [0.4, 0.5) is 14.5 Å². The third kappa shape index (κ3) is 4.97. The summed E-state index contributed by atoms with van der Waals surface area (Å²) in [5.74, 6) is -1.09. The third-order valence-electron chi connectivity index (χ3n) is 4.01. The van der Waals surface area contributed by atoms with Crippen molar-refractivity contribution in [1.29, 1.82) is 0 Å². The molecule has 0 aliphatic carbocycles. The highest BCUT2D eigenvalue weighted by Gasteiger charge is 2.19. The maximum atomic E-state index is 14.0. The summed E-state index contributed by atoms with van der Waals surface area (Å²) in [6.07, 6.45) is 6.19. The van der Waals surface area contributed by atoms with Crippen molar-refractivity contribution in [3.8, 4) is 11.5 Å². The number of anilines is 1. The molecule has 0 saturated heterocycles. The molecule has 0 aliphatic rings. The SMILES string of the molecule is O=C(CSc1nnc(-c2cnccn2)n1Cc1ccco1)Nc1c(F)cc(F)cc1Br. The van der Waals surface area contributed by atoms with Crippen LogP contribution in [0.15, 0.2) is 63.2 Å². The minimum atomic E-state index is -0.879. The second kappa shape index (κ2) is 9.35. The van der Waals surface area contributed by atoms with Crippen LogP contribution in [0.1, 0.15) is 5.76 Å². The summed E-state index contributed by atoms with van der Waals surface area (Å²) in [5.41, 5.74) is 0.375. The van der Waals surface area contributed by atoms with Crippen LogP contribution in [0.5, 0.6) is 0 Å². The molecule has 3 aromatic heterocycles. The molecule has 0 radical (unpaired) electrons. The Morgan fingerprint density at radius 2 is 2.13 bits per heavy atom. The van der Waals surface area contributed by atoms with Crippen LogP contribution >= 0.6 is 27.7 Å². The zero-order valence-corrected chi connectivity index (χ0v) is 18.0. The molecule has 12 heteroatoms. The Morgan fingerprint density at radius 1 is 1.26 bits per heavy atom. The van der Waals surface area contributed by atoms with Crippen molar-refractivity contribution in [1.82, 2.24) is 24.7 Å². The Labute approximate surface area is 187 Å². The van der Waals surface area contributed by atoms with Crippen molar-refractivity contribution in [3.05, 3.63) is 71.0 Å². The monoisotopic (exact) mass is 506 g/mol. The van der Waals surface area contributed by atoms with Gasteiger partial charge in [0.1, 0.15) is 17.3 Å². The maximum absolute atomic E-state index is 14.0. The van der Waals surface area contributed by atoms with E-state index in [0.29, 0.717) is 35.0 Å². The van der Waals surface area contributed by atoms with Gasteiger partial charge >= 0.3 is 0 Å². The van der Waals surface area contributed by atoms with Crippen LogP contribution in [-0.4, -0.2) is 36.4 Å². The number of carbonyl (C=O) groups excluding carboxylic acids is 1. The second-order valence-electron chi connectivity index (χ2n) is 6.14. The largest absolute Gasteiger partial charge is 0.467 e. The van der Waals surface area contributed by atoms with Crippen LogP contribution in [0.3, 0.4) is 0 Å². The molecule has 1 amide bonds. The zero-order valence-electron chi connectivity index (χ0n) is 15.6. The van der Waals surface area contributed by atoms with E-state index in [1.54, 1.807) is 35.4 Å². The maximum Gasteiger partial charge on any atom is 0.234 e. The molecule has 1 aromatic carbocycles. The smallest absolute Gasteiger partial charge is 0.234 e. The number of aromatic nitrogens is 5. The van der Waals surface area contributed by atoms with E-state index in [9.17, 15) is 13.6 Å². The van der Waals surface area contributed by atoms with Gasteiger partial charge in [-0.2, -0.15) is 0 Å². The van der Waals surface area contributed by atoms with Crippen molar-refractivity contribution in [2.24, 2.45) is 0 Å². The molecular weight excluding hydrogens is 494 g/mol. The molecule has 4 rings (SSSR count). The molecule has 158 valence electrons. The highest BCUT2D eigenvalue weighted by Crippen LogP contribution is 2.28. The summed E-state index contributed by atoms with van der Waals surface area (Å²) in [6, 6.07) is 5.33. The number of halogens is 3. The number of carbonyl (C=O) groups is 1. The van der Waals surface area contributed by atoms with Crippen molar-refractivity contribution in [2.45, 2.75) is 11.7 Å². The number of hydrogen-bond donors (Lipinski definition) is 1. The minimum absolute atomic E-state index is 0.0833. The lowest BCUT2D eigenvalue weighted by molar-refractivity contribution is -0.113. The molecule has 0 aliphatic heterocycles. The molecule has 0 unspecified atom stereocenters. The van der Waals surface area contributed by atoms with Crippen LogP contribution in [0.25, 0.3) is 11.5 Å². The number of hydrogen-bond acceptors (Lipinski definition) is 7. The van der Waals surface area contributed by atoms with Crippen molar-refractivity contribution >= 4 is 39.3 Å². The highest BCUT2D eigenvalue weighted by atomic mass is 79.9. The lowest BCUT2D eigenvalue weighted by Crippen LogP contribution is -2.16. The average molecular weight is 507 g/mol. The van der Waals surface area contributed by atoms with Crippen molar-refractivity contribution in [2.75, 3.05) is 11.1 Å². The third-order valence-corrected chi connectivity index (χ3v) is 5.60. The van der Waals surface area contributed by atoms with Gasteiger partial charge in [-0.05, 0) is 34.1 Å². The first-order valence-electron chi connectivity index (χ1n) is 8.80.